The molecule has 2 aromatic rings. The van der Waals surface area contributed by atoms with Crippen LogP contribution < -0.4 is 5.32 Å². The summed E-state index contributed by atoms with van der Waals surface area (Å²) in [5.74, 6) is 0. The number of aromatic nitrogens is 2. The highest BCUT2D eigenvalue weighted by atomic mass is 16.2. The summed E-state index contributed by atoms with van der Waals surface area (Å²) in [5.41, 5.74) is 4.41. The topological polar surface area (TPSA) is 61.0 Å². The molecule has 0 radical (unpaired) electrons. The zero-order valence-electron chi connectivity index (χ0n) is 11.8. The van der Waals surface area contributed by atoms with Gasteiger partial charge in [0, 0.05) is 37.6 Å². The van der Waals surface area contributed by atoms with Gasteiger partial charge in [0.2, 0.25) is 0 Å². The first-order chi connectivity index (χ1) is 10.3. The Morgan fingerprint density at radius 2 is 2.48 bits per heavy atom. The zero-order valence-corrected chi connectivity index (χ0v) is 11.8. The molecule has 0 fully saturated rings. The number of fused-ring (bicyclic) bond motifs is 1. The van der Waals surface area contributed by atoms with Gasteiger partial charge in [0.25, 0.3) is 0 Å². The first kappa shape index (κ1) is 13.4. The summed E-state index contributed by atoms with van der Waals surface area (Å²) in [4.78, 5) is 21.4. The molecule has 3 heterocycles. The Bertz CT molecular complexity index is 701. The van der Waals surface area contributed by atoms with E-state index in [4.69, 9.17) is 0 Å². The minimum absolute atomic E-state index is 0.0396. The fourth-order valence-corrected chi connectivity index (χ4v) is 2.57. The van der Waals surface area contributed by atoms with Crippen molar-refractivity contribution < 1.29 is 4.79 Å². The average molecular weight is 282 g/mol. The van der Waals surface area contributed by atoms with Crippen LogP contribution >= 0.6 is 0 Å². The summed E-state index contributed by atoms with van der Waals surface area (Å²) < 4.78 is 0. The first-order valence-corrected chi connectivity index (χ1v) is 7.05. The van der Waals surface area contributed by atoms with Crippen molar-refractivity contribution in [2.24, 2.45) is 0 Å². The maximum absolute atomic E-state index is 11.9. The van der Waals surface area contributed by atoms with Crippen LogP contribution in [0.2, 0.25) is 0 Å². The van der Waals surface area contributed by atoms with Crippen molar-refractivity contribution in [3.05, 3.63) is 48.8 Å². The van der Waals surface area contributed by atoms with E-state index in [-0.39, 0.29) is 6.03 Å². The molecule has 108 valence electrons. The molecule has 0 atom stereocenters. The molecule has 0 unspecified atom stereocenters. The second-order valence-corrected chi connectivity index (χ2v) is 5.00. The van der Waals surface area contributed by atoms with Crippen LogP contribution in [0.15, 0.2) is 43.3 Å². The van der Waals surface area contributed by atoms with E-state index in [0.29, 0.717) is 19.6 Å². The van der Waals surface area contributed by atoms with Crippen LogP contribution in [0.3, 0.4) is 0 Å². The molecule has 0 bridgehead atoms. The van der Waals surface area contributed by atoms with Gasteiger partial charge in [-0.15, -0.1) is 6.58 Å². The van der Waals surface area contributed by atoms with E-state index in [0.717, 1.165) is 23.0 Å². The number of H-pyrrole nitrogens is 1. The van der Waals surface area contributed by atoms with E-state index in [1.165, 1.54) is 5.57 Å². The molecule has 21 heavy (non-hydrogen) atoms. The van der Waals surface area contributed by atoms with Gasteiger partial charge in [0.15, 0.2) is 0 Å². The Kier molecular flexibility index (Phi) is 3.73. The lowest BCUT2D eigenvalue weighted by Crippen LogP contribution is -2.42. The van der Waals surface area contributed by atoms with Crippen LogP contribution in [-0.2, 0) is 0 Å². The first-order valence-electron chi connectivity index (χ1n) is 7.05. The van der Waals surface area contributed by atoms with E-state index in [9.17, 15) is 4.79 Å². The number of nitrogens with zero attached hydrogens (tertiary/aromatic N) is 2. The van der Waals surface area contributed by atoms with Crippen LogP contribution in [0.1, 0.15) is 12.0 Å². The lowest BCUT2D eigenvalue weighted by molar-refractivity contribution is 0.204. The molecule has 1 aliphatic heterocycles. The quantitative estimate of drug-likeness (QED) is 0.850. The van der Waals surface area contributed by atoms with Crippen molar-refractivity contribution in [3.63, 3.8) is 0 Å². The Labute approximate surface area is 123 Å². The summed E-state index contributed by atoms with van der Waals surface area (Å²) in [5, 5.41) is 2.80. The highest BCUT2D eigenvalue weighted by Crippen LogP contribution is 2.27. The van der Waals surface area contributed by atoms with Crippen molar-refractivity contribution in [2.75, 3.05) is 19.6 Å². The molecule has 5 heteroatoms. The van der Waals surface area contributed by atoms with Crippen LogP contribution in [0.4, 0.5) is 4.79 Å². The second-order valence-electron chi connectivity index (χ2n) is 5.00. The Hall–Kier alpha value is -2.56. The highest BCUT2D eigenvalue weighted by Gasteiger charge is 2.19. The summed E-state index contributed by atoms with van der Waals surface area (Å²) in [6.07, 6.45) is 8.43. The van der Waals surface area contributed by atoms with Gasteiger partial charge in [-0.25, -0.2) is 4.79 Å². The Morgan fingerprint density at radius 1 is 1.57 bits per heavy atom. The second kappa shape index (κ2) is 5.83. The zero-order chi connectivity index (χ0) is 14.7. The number of carbonyl (C=O) groups excluding carboxylic acids is 1. The van der Waals surface area contributed by atoms with E-state index in [2.05, 4.69) is 27.9 Å². The van der Waals surface area contributed by atoms with Crippen molar-refractivity contribution in [3.8, 4) is 0 Å². The Morgan fingerprint density at radius 3 is 3.24 bits per heavy atom. The van der Waals surface area contributed by atoms with Crippen molar-refractivity contribution in [1.82, 2.24) is 20.2 Å². The minimum atomic E-state index is -0.0396. The predicted molar refractivity (Wildman–Crippen MR) is 83.9 cm³/mol. The average Bonchev–Trinajstić information content (AvgIpc) is 2.97. The van der Waals surface area contributed by atoms with Crippen LogP contribution in [0.5, 0.6) is 0 Å². The number of carbonyl (C=O) groups is 1. The van der Waals surface area contributed by atoms with Crippen molar-refractivity contribution >= 4 is 22.6 Å². The molecule has 5 nitrogen and oxygen atoms in total. The molecule has 0 saturated heterocycles. The third kappa shape index (κ3) is 2.67. The molecule has 2 N–H and O–H groups in total. The molecule has 0 spiro atoms. The Balaban J connectivity index is 1.75. The molecule has 0 aromatic carbocycles. The van der Waals surface area contributed by atoms with Gasteiger partial charge < -0.3 is 15.2 Å². The van der Waals surface area contributed by atoms with Gasteiger partial charge in [-0.05, 0) is 24.1 Å². The molecule has 2 aromatic heterocycles. The number of hydrogen-bond acceptors (Lipinski definition) is 2. The maximum Gasteiger partial charge on any atom is 0.317 e. The number of pyridine rings is 1. The lowest BCUT2D eigenvalue weighted by atomic mass is 10.0. The highest BCUT2D eigenvalue weighted by molar-refractivity contribution is 5.90. The van der Waals surface area contributed by atoms with Crippen molar-refractivity contribution in [2.45, 2.75) is 6.42 Å². The maximum atomic E-state index is 11.9. The number of rotatable bonds is 3. The van der Waals surface area contributed by atoms with Crippen LogP contribution in [-0.4, -0.2) is 40.5 Å². The largest absolute Gasteiger partial charge is 0.359 e. The molecular weight excluding hydrogens is 264 g/mol. The summed E-state index contributed by atoms with van der Waals surface area (Å²) in [6.45, 7) is 5.43. The molecule has 3 rings (SSSR count). The van der Waals surface area contributed by atoms with E-state index < -0.39 is 0 Å². The SMILES string of the molecule is C=CCNC(=O)N1CC=C(c2c[nH]c3cccnc23)CC1. The minimum Gasteiger partial charge on any atom is -0.359 e. The number of amides is 2. The number of urea groups is 1. The van der Waals surface area contributed by atoms with Gasteiger partial charge >= 0.3 is 6.03 Å². The normalized spacial score (nSPS) is 14.9. The molecule has 1 aliphatic rings. The monoisotopic (exact) mass is 282 g/mol. The summed E-state index contributed by atoms with van der Waals surface area (Å²) >= 11 is 0. The molecular formula is C16H18N4O. The summed E-state index contributed by atoms with van der Waals surface area (Å²) in [7, 11) is 0. The van der Waals surface area contributed by atoms with Crippen LogP contribution in [0, 0.1) is 0 Å². The third-order valence-corrected chi connectivity index (χ3v) is 3.67. The number of hydrogen-bond donors (Lipinski definition) is 2. The van der Waals surface area contributed by atoms with Gasteiger partial charge in [-0.1, -0.05) is 12.2 Å². The van der Waals surface area contributed by atoms with E-state index >= 15 is 0 Å². The standard InChI is InChI=1S/C16H18N4O/c1-2-7-18-16(21)20-9-5-12(6-10-20)13-11-19-14-4-3-8-17-15(13)14/h2-5,8,11,19H,1,6-7,9-10H2,(H,18,21). The molecule has 0 saturated carbocycles. The molecule has 2 amide bonds. The predicted octanol–water partition coefficient (Wildman–Crippen LogP) is 2.55. The van der Waals surface area contributed by atoms with Crippen molar-refractivity contribution in [1.29, 1.82) is 0 Å². The van der Waals surface area contributed by atoms with Gasteiger partial charge in [0.1, 0.15) is 0 Å². The number of aromatic amines is 1. The van der Waals surface area contributed by atoms with E-state index in [1.807, 2.05) is 18.3 Å². The lowest BCUT2D eigenvalue weighted by Gasteiger charge is -2.26. The molecule has 0 aliphatic carbocycles. The van der Waals surface area contributed by atoms with Gasteiger partial charge in [-0.3, -0.25) is 4.98 Å². The van der Waals surface area contributed by atoms with E-state index in [1.54, 1.807) is 17.2 Å². The smallest absolute Gasteiger partial charge is 0.317 e. The third-order valence-electron chi connectivity index (χ3n) is 3.67. The fraction of sp³-hybridized carbons (Fsp3) is 0.250. The fourth-order valence-electron chi connectivity index (χ4n) is 2.57. The van der Waals surface area contributed by atoms with Crippen LogP contribution in [0.25, 0.3) is 16.6 Å². The summed E-state index contributed by atoms with van der Waals surface area (Å²) in [6, 6.07) is 3.90. The van der Waals surface area contributed by atoms with Gasteiger partial charge in [0.05, 0.1) is 11.0 Å². The van der Waals surface area contributed by atoms with Gasteiger partial charge in [-0.2, -0.15) is 0 Å². The number of nitrogens with one attached hydrogen (secondary N) is 2.